The molecule has 0 rings (SSSR count). The van der Waals surface area contributed by atoms with Gasteiger partial charge in [-0.2, -0.15) is 0 Å². The van der Waals surface area contributed by atoms with Crippen molar-refractivity contribution >= 4 is 6.29 Å². The number of carbonyl (C=O) groups excluding carboxylic acids is 1. The second-order valence-electron chi connectivity index (χ2n) is 3.60. The van der Waals surface area contributed by atoms with Crippen molar-refractivity contribution in [3.05, 3.63) is 11.6 Å². The smallest absolute Gasteiger partial charge is 0.145 e. The van der Waals surface area contributed by atoms with Crippen LogP contribution in [0.3, 0.4) is 0 Å². The normalized spacial score (nSPS) is 16.8. The van der Waals surface area contributed by atoms with Crippen LogP contribution in [0.4, 0.5) is 0 Å². The van der Waals surface area contributed by atoms with Crippen molar-refractivity contribution in [2.45, 2.75) is 46.1 Å². The average molecular weight is 184 g/mol. The topological polar surface area (TPSA) is 37.3 Å². The maximum absolute atomic E-state index is 10.3. The summed E-state index contributed by atoms with van der Waals surface area (Å²) >= 11 is 0. The molecule has 0 aliphatic rings. The van der Waals surface area contributed by atoms with Crippen LogP contribution < -0.4 is 0 Å². The van der Waals surface area contributed by atoms with Gasteiger partial charge >= 0.3 is 0 Å². The van der Waals surface area contributed by atoms with Crippen LogP contribution in [0, 0.1) is 5.92 Å². The largest absolute Gasteiger partial charge is 0.393 e. The fourth-order valence-corrected chi connectivity index (χ4v) is 1.24. The second kappa shape index (κ2) is 6.84. The van der Waals surface area contributed by atoms with E-state index in [0.717, 1.165) is 25.5 Å². The van der Waals surface area contributed by atoms with Gasteiger partial charge in [-0.1, -0.05) is 32.8 Å². The monoisotopic (exact) mass is 184 g/mol. The molecule has 2 unspecified atom stereocenters. The Morgan fingerprint density at radius 1 is 1.54 bits per heavy atom. The molecule has 0 fully saturated rings. The van der Waals surface area contributed by atoms with Crippen molar-refractivity contribution in [3.8, 4) is 0 Å². The number of aliphatic hydroxyl groups excluding tert-OH is 1. The van der Waals surface area contributed by atoms with Crippen molar-refractivity contribution < 1.29 is 9.90 Å². The minimum Gasteiger partial charge on any atom is -0.393 e. The highest BCUT2D eigenvalue weighted by atomic mass is 16.3. The Labute approximate surface area is 80.7 Å². The van der Waals surface area contributed by atoms with Crippen molar-refractivity contribution in [1.29, 1.82) is 0 Å². The van der Waals surface area contributed by atoms with E-state index in [1.165, 1.54) is 0 Å². The van der Waals surface area contributed by atoms with Gasteiger partial charge in [0.2, 0.25) is 0 Å². The highest BCUT2D eigenvalue weighted by Crippen LogP contribution is 2.13. The first kappa shape index (κ1) is 12.4. The molecular formula is C11H20O2. The molecule has 0 bridgehead atoms. The maximum atomic E-state index is 10.3. The predicted octanol–water partition coefficient (Wildman–Crippen LogP) is 2.32. The summed E-state index contributed by atoms with van der Waals surface area (Å²) in [5, 5.41) is 9.63. The molecule has 0 aromatic heterocycles. The summed E-state index contributed by atoms with van der Waals surface area (Å²) < 4.78 is 0. The van der Waals surface area contributed by atoms with Crippen molar-refractivity contribution in [2.75, 3.05) is 0 Å². The van der Waals surface area contributed by atoms with Crippen LogP contribution >= 0.6 is 0 Å². The molecule has 2 nitrogen and oxygen atoms in total. The highest BCUT2D eigenvalue weighted by Gasteiger charge is 2.10. The number of allylic oxidation sites excluding steroid dienone is 1. The first-order chi connectivity index (χ1) is 6.11. The number of hydrogen-bond acceptors (Lipinski definition) is 2. The second-order valence-corrected chi connectivity index (χ2v) is 3.60. The Morgan fingerprint density at radius 2 is 2.15 bits per heavy atom. The zero-order chi connectivity index (χ0) is 10.3. The Bertz CT molecular complexity index is 173. The van der Waals surface area contributed by atoms with E-state index in [2.05, 4.69) is 6.92 Å². The van der Waals surface area contributed by atoms with E-state index >= 15 is 0 Å². The molecule has 13 heavy (non-hydrogen) atoms. The summed E-state index contributed by atoms with van der Waals surface area (Å²) in [6.07, 6.45) is 5.30. The van der Waals surface area contributed by atoms with Crippen LogP contribution in [0.25, 0.3) is 0 Å². The Balaban J connectivity index is 3.94. The van der Waals surface area contributed by atoms with Gasteiger partial charge in [-0.15, -0.1) is 0 Å². The molecule has 0 heterocycles. The van der Waals surface area contributed by atoms with Crippen molar-refractivity contribution in [1.82, 2.24) is 0 Å². The molecule has 0 saturated carbocycles. The lowest BCUT2D eigenvalue weighted by Gasteiger charge is -2.15. The van der Waals surface area contributed by atoms with Gasteiger partial charge in [0.1, 0.15) is 6.29 Å². The predicted molar refractivity (Wildman–Crippen MR) is 54.5 cm³/mol. The minimum absolute atomic E-state index is 0.0803. The van der Waals surface area contributed by atoms with E-state index in [-0.39, 0.29) is 12.0 Å². The SMILES string of the molecule is CCCCC(O)C(C)/C=C(\C)C=O. The molecule has 1 N–H and O–H groups in total. The van der Waals surface area contributed by atoms with Crippen LogP contribution in [-0.2, 0) is 4.79 Å². The maximum Gasteiger partial charge on any atom is 0.145 e. The van der Waals surface area contributed by atoms with Crippen molar-refractivity contribution in [3.63, 3.8) is 0 Å². The number of aliphatic hydroxyl groups is 1. The molecule has 76 valence electrons. The van der Waals surface area contributed by atoms with Gasteiger partial charge in [0.15, 0.2) is 0 Å². The van der Waals surface area contributed by atoms with Gasteiger partial charge in [-0.3, -0.25) is 4.79 Å². The summed E-state index contributed by atoms with van der Waals surface area (Å²) in [6, 6.07) is 0. The standard InChI is InChI=1S/C11H20O2/c1-4-5-6-11(13)10(3)7-9(2)8-12/h7-8,10-11,13H,4-6H2,1-3H3/b9-7+. The third-order valence-electron chi connectivity index (χ3n) is 2.17. The number of unbranched alkanes of at least 4 members (excludes halogenated alkanes) is 1. The van der Waals surface area contributed by atoms with E-state index in [1.54, 1.807) is 6.92 Å². The van der Waals surface area contributed by atoms with Gasteiger partial charge in [0, 0.05) is 5.92 Å². The first-order valence-electron chi connectivity index (χ1n) is 4.93. The lowest BCUT2D eigenvalue weighted by atomic mass is 9.98. The minimum atomic E-state index is -0.310. The lowest BCUT2D eigenvalue weighted by Crippen LogP contribution is -2.15. The van der Waals surface area contributed by atoms with E-state index in [1.807, 2.05) is 13.0 Å². The van der Waals surface area contributed by atoms with Crippen LogP contribution in [0.1, 0.15) is 40.0 Å². The van der Waals surface area contributed by atoms with E-state index in [4.69, 9.17) is 0 Å². The first-order valence-corrected chi connectivity index (χ1v) is 4.93. The molecule has 0 aliphatic heterocycles. The number of aldehydes is 1. The van der Waals surface area contributed by atoms with Gasteiger partial charge < -0.3 is 5.11 Å². The molecule has 0 saturated heterocycles. The van der Waals surface area contributed by atoms with E-state index in [0.29, 0.717) is 5.57 Å². The molecule has 0 aliphatic carbocycles. The molecule has 0 aromatic carbocycles. The summed E-state index contributed by atoms with van der Waals surface area (Å²) in [4.78, 5) is 10.3. The highest BCUT2D eigenvalue weighted by molar-refractivity contribution is 5.72. The summed E-state index contributed by atoms with van der Waals surface area (Å²) in [5.41, 5.74) is 0.697. The molecule has 0 spiro atoms. The third kappa shape index (κ3) is 5.58. The Morgan fingerprint density at radius 3 is 2.62 bits per heavy atom. The average Bonchev–Trinajstić information content (AvgIpc) is 2.13. The van der Waals surface area contributed by atoms with Crippen LogP contribution in [-0.4, -0.2) is 17.5 Å². The van der Waals surface area contributed by atoms with E-state index < -0.39 is 0 Å². The van der Waals surface area contributed by atoms with Crippen LogP contribution in [0.15, 0.2) is 11.6 Å². The molecular weight excluding hydrogens is 164 g/mol. The van der Waals surface area contributed by atoms with Gasteiger partial charge in [-0.05, 0) is 18.9 Å². The number of hydrogen-bond donors (Lipinski definition) is 1. The quantitative estimate of drug-likeness (QED) is 0.508. The zero-order valence-corrected chi connectivity index (χ0v) is 8.79. The van der Waals surface area contributed by atoms with Crippen LogP contribution in [0.5, 0.6) is 0 Å². The Hall–Kier alpha value is -0.630. The molecule has 0 radical (unpaired) electrons. The molecule has 2 atom stereocenters. The number of rotatable bonds is 6. The zero-order valence-electron chi connectivity index (χ0n) is 8.79. The molecule has 0 aromatic rings. The summed E-state index contributed by atoms with van der Waals surface area (Å²) in [6.45, 7) is 5.80. The fraction of sp³-hybridized carbons (Fsp3) is 0.727. The number of carbonyl (C=O) groups is 1. The van der Waals surface area contributed by atoms with E-state index in [9.17, 15) is 9.90 Å². The van der Waals surface area contributed by atoms with Gasteiger partial charge in [0.25, 0.3) is 0 Å². The molecule has 0 amide bonds. The van der Waals surface area contributed by atoms with Gasteiger partial charge in [-0.25, -0.2) is 0 Å². The third-order valence-corrected chi connectivity index (χ3v) is 2.17. The summed E-state index contributed by atoms with van der Waals surface area (Å²) in [5.74, 6) is 0.0803. The molecule has 2 heteroatoms. The summed E-state index contributed by atoms with van der Waals surface area (Å²) in [7, 11) is 0. The fourth-order valence-electron chi connectivity index (χ4n) is 1.24. The lowest BCUT2D eigenvalue weighted by molar-refractivity contribution is -0.104. The van der Waals surface area contributed by atoms with Crippen molar-refractivity contribution in [2.24, 2.45) is 5.92 Å². The Kier molecular flexibility index (Phi) is 6.51. The van der Waals surface area contributed by atoms with Crippen LogP contribution in [0.2, 0.25) is 0 Å². The van der Waals surface area contributed by atoms with Gasteiger partial charge in [0.05, 0.1) is 6.10 Å².